The largest absolute Gasteiger partial charge is 0.401 e. The smallest absolute Gasteiger partial charge is 0.300 e. The zero-order valence-electron chi connectivity index (χ0n) is 10.8. The molecule has 0 aromatic carbocycles. The molecule has 3 nitrogen and oxygen atoms in total. The Hall–Kier alpha value is -0.800. The van der Waals surface area contributed by atoms with E-state index in [4.69, 9.17) is 0 Å². The molecule has 0 saturated heterocycles. The first-order valence-corrected chi connectivity index (χ1v) is 6.25. The number of nitriles is 1. The maximum atomic E-state index is 12.4. The molecule has 0 heterocycles. The van der Waals surface area contributed by atoms with Crippen LogP contribution in [0.4, 0.5) is 13.2 Å². The van der Waals surface area contributed by atoms with E-state index in [9.17, 15) is 18.4 Å². The summed E-state index contributed by atoms with van der Waals surface area (Å²) in [5.41, 5.74) is -0.655. The van der Waals surface area contributed by atoms with Crippen LogP contribution in [0.2, 0.25) is 0 Å². The fourth-order valence-electron chi connectivity index (χ4n) is 2.67. The van der Waals surface area contributed by atoms with E-state index in [1.165, 1.54) is 11.9 Å². The highest BCUT2D eigenvalue weighted by Gasteiger charge is 2.39. The van der Waals surface area contributed by atoms with Gasteiger partial charge < -0.3 is 0 Å². The summed E-state index contributed by atoms with van der Waals surface area (Å²) >= 11 is 0. The summed E-state index contributed by atoms with van der Waals surface area (Å²) < 4.78 is 37.1. The SMILES string of the molecule is CCNC1(C#N)CCCC(N(C)CC(F)(F)F)C1. The fourth-order valence-corrected chi connectivity index (χ4v) is 2.67. The molecule has 1 saturated carbocycles. The van der Waals surface area contributed by atoms with Crippen molar-refractivity contribution in [3.63, 3.8) is 0 Å². The van der Waals surface area contributed by atoms with Crippen LogP contribution < -0.4 is 5.32 Å². The highest BCUT2D eigenvalue weighted by Crippen LogP contribution is 2.31. The third-order valence-corrected chi connectivity index (χ3v) is 3.51. The molecule has 0 amide bonds. The van der Waals surface area contributed by atoms with Crippen molar-refractivity contribution in [3.8, 4) is 6.07 Å². The molecular weight excluding hydrogens is 243 g/mol. The first-order valence-electron chi connectivity index (χ1n) is 6.25. The standard InChI is InChI=1S/C12H20F3N3/c1-3-17-11(8-16)6-4-5-10(7-11)18(2)9-12(13,14)15/h10,17H,3-7,9H2,1-2H3. The Morgan fingerprint density at radius 1 is 1.50 bits per heavy atom. The van der Waals surface area contributed by atoms with E-state index in [-0.39, 0.29) is 6.04 Å². The summed E-state index contributed by atoms with van der Waals surface area (Å²) in [5, 5.41) is 12.4. The monoisotopic (exact) mass is 263 g/mol. The van der Waals surface area contributed by atoms with E-state index in [0.717, 1.165) is 12.8 Å². The third-order valence-electron chi connectivity index (χ3n) is 3.51. The lowest BCUT2D eigenvalue weighted by atomic mass is 9.79. The van der Waals surface area contributed by atoms with Crippen LogP contribution in [0.1, 0.15) is 32.6 Å². The number of nitrogens with one attached hydrogen (secondary N) is 1. The minimum absolute atomic E-state index is 0.181. The first-order chi connectivity index (χ1) is 8.32. The highest BCUT2D eigenvalue weighted by molar-refractivity contribution is 5.11. The summed E-state index contributed by atoms with van der Waals surface area (Å²) in [6, 6.07) is 2.07. The maximum absolute atomic E-state index is 12.4. The molecule has 6 heteroatoms. The molecule has 0 spiro atoms. The summed E-state index contributed by atoms with van der Waals surface area (Å²) in [6.07, 6.45) is -1.49. The van der Waals surface area contributed by atoms with Crippen LogP contribution in [-0.4, -0.2) is 42.8 Å². The van der Waals surface area contributed by atoms with Gasteiger partial charge >= 0.3 is 6.18 Å². The normalized spacial score (nSPS) is 29.3. The van der Waals surface area contributed by atoms with Gasteiger partial charge in [-0.05, 0) is 39.3 Å². The molecule has 1 aliphatic carbocycles. The van der Waals surface area contributed by atoms with Crippen molar-refractivity contribution >= 4 is 0 Å². The number of nitrogens with zero attached hydrogens (tertiary/aromatic N) is 2. The average molecular weight is 263 g/mol. The minimum atomic E-state index is -4.18. The molecule has 104 valence electrons. The van der Waals surface area contributed by atoms with Gasteiger partial charge in [-0.15, -0.1) is 0 Å². The van der Waals surface area contributed by atoms with E-state index in [0.29, 0.717) is 19.4 Å². The Morgan fingerprint density at radius 3 is 2.67 bits per heavy atom. The molecule has 18 heavy (non-hydrogen) atoms. The zero-order chi connectivity index (χ0) is 13.8. The second kappa shape index (κ2) is 5.89. The van der Waals surface area contributed by atoms with E-state index in [2.05, 4.69) is 11.4 Å². The van der Waals surface area contributed by atoms with Gasteiger partial charge in [0.05, 0.1) is 12.6 Å². The Bertz CT molecular complexity index is 307. The fraction of sp³-hybridized carbons (Fsp3) is 0.917. The summed E-state index contributed by atoms with van der Waals surface area (Å²) in [6.45, 7) is 1.65. The van der Waals surface area contributed by atoms with Gasteiger partial charge in [0.2, 0.25) is 0 Å². The van der Waals surface area contributed by atoms with E-state index in [1.54, 1.807) is 0 Å². The molecule has 0 aromatic rings. The molecule has 2 unspecified atom stereocenters. The molecule has 1 rings (SSSR count). The lowest BCUT2D eigenvalue weighted by Gasteiger charge is -2.40. The van der Waals surface area contributed by atoms with Gasteiger partial charge in [0.1, 0.15) is 5.54 Å². The molecule has 1 N–H and O–H groups in total. The molecular formula is C12H20F3N3. The van der Waals surface area contributed by atoms with E-state index >= 15 is 0 Å². The number of hydrogen-bond donors (Lipinski definition) is 1. The molecule has 2 atom stereocenters. The average Bonchev–Trinajstić information content (AvgIpc) is 2.27. The van der Waals surface area contributed by atoms with Crippen LogP contribution in [0.25, 0.3) is 0 Å². The summed E-state index contributed by atoms with van der Waals surface area (Å²) in [5.74, 6) is 0. The van der Waals surface area contributed by atoms with Crippen molar-refractivity contribution in [2.24, 2.45) is 0 Å². The highest BCUT2D eigenvalue weighted by atomic mass is 19.4. The van der Waals surface area contributed by atoms with Crippen LogP contribution in [0.15, 0.2) is 0 Å². The second-order valence-electron chi connectivity index (χ2n) is 5.00. The Labute approximate surface area is 106 Å². The topological polar surface area (TPSA) is 39.1 Å². The van der Waals surface area contributed by atoms with Gasteiger partial charge in [-0.3, -0.25) is 10.2 Å². The number of halogens is 3. The van der Waals surface area contributed by atoms with Gasteiger partial charge in [-0.25, -0.2) is 0 Å². The summed E-state index contributed by atoms with van der Waals surface area (Å²) in [4.78, 5) is 1.32. The van der Waals surface area contributed by atoms with Crippen molar-refractivity contribution in [3.05, 3.63) is 0 Å². The van der Waals surface area contributed by atoms with Gasteiger partial charge in [0.15, 0.2) is 0 Å². The van der Waals surface area contributed by atoms with Crippen LogP contribution in [-0.2, 0) is 0 Å². The Balaban J connectivity index is 2.66. The maximum Gasteiger partial charge on any atom is 0.401 e. The quantitative estimate of drug-likeness (QED) is 0.846. The molecule has 0 aliphatic heterocycles. The van der Waals surface area contributed by atoms with Crippen LogP contribution in [0.3, 0.4) is 0 Å². The Morgan fingerprint density at radius 2 is 2.17 bits per heavy atom. The molecule has 0 radical (unpaired) electrons. The lowest BCUT2D eigenvalue weighted by molar-refractivity contribution is -0.149. The molecule has 1 fully saturated rings. The van der Waals surface area contributed by atoms with Gasteiger partial charge in [-0.1, -0.05) is 6.92 Å². The van der Waals surface area contributed by atoms with Crippen LogP contribution in [0.5, 0.6) is 0 Å². The number of alkyl halides is 3. The van der Waals surface area contributed by atoms with E-state index < -0.39 is 18.3 Å². The van der Waals surface area contributed by atoms with E-state index in [1.807, 2.05) is 6.92 Å². The van der Waals surface area contributed by atoms with Crippen LogP contribution in [0, 0.1) is 11.3 Å². The minimum Gasteiger partial charge on any atom is -0.300 e. The van der Waals surface area contributed by atoms with Gasteiger partial charge in [-0.2, -0.15) is 18.4 Å². The van der Waals surface area contributed by atoms with Crippen molar-refractivity contribution in [2.45, 2.75) is 50.4 Å². The number of rotatable bonds is 4. The zero-order valence-corrected chi connectivity index (χ0v) is 10.8. The molecule has 0 bridgehead atoms. The van der Waals surface area contributed by atoms with Crippen molar-refractivity contribution in [2.75, 3.05) is 20.1 Å². The Kier molecular flexibility index (Phi) is 5.00. The molecule has 1 aliphatic rings. The number of hydrogen-bond acceptors (Lipinski definition) is 3. The first kappa shape index (κ1) is 15.3. The van der Waals surface area contributed by atoms with Crippen molar-refractivity contribution in [1.29, 1.82) is 5.26 Å². The predicted octanol–water partition coefficient (Wildman–Crippen LogP) is 2.29. The second-order valence-corrected chi connectivity index (χ2v) is 5.00. The summed E-state index contributed by atoms with van der Waals surface area (Å²) in [7, 11) is 1.48. The third kappa shape index (κ3) is 4.14. The van der Waals surface area contributed by atoms with Gasteiger partial charge in [0, 0.05) is 6.04 Å². The lowest BCUT2D eigenvalue weighted by Crippen LogP contribution is -2.53. The van der Waals surface area contributed by atoms with Gasteiger partial charge in [0.25, 0.3) is 0 Å². The molecule has 0 aromatic heterocycles. The van der Waals surface area contributed by atoms with Crippen LogP contribution >= 0.6 is 0 Å². The predicted molar refractivity (Wildman–Crippen MR) is 63.0 cm³/mol. The van der Waals surface area contributed by atoms with Crippen molar-refractivity contribution < 1.29 is 13.2 Å². The van der Waals surface area contributed by atoms with Crippen molar-refractivity contribution in [1.82, 2.24) is 10.2 Å².